The largest absolute Gasteiger partial charge is 0.437 e. The van der Waals surface area contributed by atoms with Crippen LogP contribution in [0.4, 0.5) is 5.82 Å². The fraction of sp³-hybridized carbons (Fsp3) is 0.364. The van der Waals surface area contributed by atoms with E-state index in [1.807, 2.05) is 13.0 Å². The lowest BCUT2D eigenvalue weighted by molar-refractivity contribution is 0.186. The standard InChI is InChI=1S/C22H25N7O2/c1-15-26-21(28-7-3-2-4-8-28)10-22(27-15)31-20-9-16(11-23)5-6-18(20)29-14-17(13-25-29)19(30)12-24/h5-6,9-10,13-14,19,30H,2-4,7-8,12,24H2,1H3. The topological polar surface area (TPSA) is 126 Å². The highest BCUT2D eigenvalue weighted by atomic mass is 16.5. The third kappa shape index (κ3) is 4.66. The van der Waals surface area contributed by atoms with E-state index in [9.17, 15) is 10.4 Å². The summed E-state index contributed by atoms with van der Waals surface area (Å²) >= 11 is 0. The molecule has 3 heterocycles. The Morgan fingerprint density at radius 3 is 2.77 bits per heavy atom. The number of nitriles is 1. The number of rotatable bonds is 6. The first-order valence-electron chi connectivity index (χ1n) is 10.3. The van der Waals surface area contributed by atoms with Gasteiger partial charge in [-0.25, -0.2) is 9.67 Å². The SMILES string of the molecule is Cc1nc(Oc2cc(C#N)ccc2-n2cc(C(O)CN)cn2)cc(N2CCCCC2)n1. The van der Waals surface area contributed by atoms with E-state index in [0.717, 1.165) is 31.7 Å². The Morgan fingerprint density at radius 2 is 2.03 bits per heavy atom. The van der Waals surface area contributed by atoms with Gasteiger partial charge in [0.05, 0.1) is 23.9 Å². The highest BCUT2D eigenvalue weighted by Gasteiger charge is 2.17. The van der Waals surface area contributed by atoms with Crippen LogP contribution in [0.3, 0.4) is 0 Å². The molecule has 1 fully saturated rings. The van der Waals surface area contributed by atoms with Gasteiger partial charge >= 0.3 is 0 Å². The molecule has 0 spiro atoms. The van der Waals surface area contributed by atoms with Gasteiger partial charge in [0, 0.05) is 43.5 Å². The molecular weight excluding hydrogens is 394 g/mol. The van der Waals surface area contributed by atoms with Gasteiger partial charge in [-0.15, -0.1) is 0 Å². The van der Waals surface area contributed by atoms with Crippen molar-refractivity contribution in [2.24, 2.45) is 5.73 Å². The molecule has 31 heavy (non-hydrogen) atoms. The first-order valence-corrected chi connectivity index (χ1v) is 10.3. The molecule has 0 bridgehead atoms. The minimum atomic E-state index is -0.798. The fourth-order valence-corrected chi connectivity index (χ4v) is 3.61. The maximum absolute atomic E-state index is 9.99. The summed E-state index contributed by atoms with van der Waals surface area (Å²) in [6.45, 7) is 3.86. The van der Waals surface area contributed by atoms with Crippen molar-refractivity contribution >= 4 is 5.82 Å². The lowest BCUT2D eigenvalue weighted by atomic mass is 10.1. The maximum Gasteiger partial charge on any atom is 0.224 e. The second-order valence-corrected chi connectivity index (χ2v) is 7.53. The first-order chi connectivity index (χ1) is 15.1. The zero-order valence-electron chi connectivity index (χ0n) is 17.4. The Morgan fingerprint density at radius 1 is 1.23 bits per heavy atom. The van der Waals surface area contributed by atoms with Crippen molar-refractivity contribution in [3.63, 3.8) is 0 Å². The molecule has 9 nitrogen and oxygen atoms in total. The summed E-state index contributed by atoms with van der Waals surface area (Å²) in [5.41, 5.74) is 7.22. The van der Waals surface area contributed by atoms with Crippen LogP contribution in [0, 0.1) is 18.3 Å². The molecular formula is C22H25N7O2. The molecule has 4 rings (SSSR count). The zero-order valence-corrected chi connectivity index (χ0v) is 17.4. The van der Waals surface area contributed by atoms with Crippen molar-refractivity contribution in [1.82, 2.24) is 19.7 Å². The summed E-state index contributed by atoms with van der Waals surface area (Å²) < 4.78 is 7.73. The van der Waals surface area contributed by atoms with Crippen LogP contribution in [-0.4, -0.2) is 44.5 Å². The quantitative estimate of drug-likeness (QED) is 0.624. The van der Waals surface area contributed by atoms with Crippen LogP contribution in [-0.2, 0) is 0 Å². The van der Waals surface area contributed by atoms with Crippen molar-refractivity contribution < 1.29 is 9.84 Å². The molecule has 3 aromatic rings. The number of piperidine rings is 1. The Bertz CT molecular complexity index is 1100. The summed E-state index contributed by atoms with van der Waals surface area (Å²) in [7, 11) is 0. The van der Waals surface area contributed by atoms with Gasteiger partial charge in [-0.2, -0.15) is 15.3 Å². The lowest BCUT2D eigenvalue weighted by Crippen LogP contribution is -2.30. The third-order valence-electron chi connectivity index (χ3n) is 5.24. The molecule has 1 aliphatic heterocycles. The number of hydrogen-bond acceptors (Lipinski definition) is 8. The molecule has 1 saturated heterocycles. The van der Waals surface area contributed by atoms with E-state index >= 15 is 0 Å². The van der Waals surface area contributed by atoms with Gasteiger partial charge in [0.1, 0.15) is 17.3 Å². The Kier molecular flexibility index (Phi) is 6.11. The van der Waals surface area contributed by atoms with E-state index in [1.165, 1.54) is 6.42 Å². The van der Waals surface area contributed by atoms with Crippen molar-refractivity contribution in [2.45, 2.75) is 32.3 Å². The van der Waals surface area contributed by atoms with Crippen LogP contribution in [0.25, 0.3) is 5.69 Å². The van der Waals surface area contributed by atoms with E-state index in [-0.39, 0.29) is 6.54 Å². The molecule has 1 aliphatic rings. The second kappa shape index (κ2) is 9.12. The summed E-state index contributed by atoms with van der Waals surface area (Å²) in [5, 5.41) is 23.7. The zero-order chi connectivity index (χ0) is 21.8. The number of hydrogen-bond donors (Lipinski definition) is 2. The lowest BCUT2D eigenvalue weighted by Gasteiger charge is -2.28. The average Bonchev–Trinajstić information content (AvgIpc) is 3.28. The Balaban J connectivity index is 1.69. The van der Waals surface area contributed by atoms with Crippen LogP contribution >= 0.6 is 0 Å². The number of aryl methyl sites for hydroxylation is 1. The first kappa shape index (κ1) is 20.8. The van der Waals surface area contributed by atoms with Crippen LogP contribution in [0.5, 0.6) is 11.6 Å². The predicted octanol–water partition coefficient (Wildman–Crippen LogP) is 2.62. The molecule has 1 aromatic carbocycles. The molecule has 1 atom stereocenters. The monoisotopic (exact) mass is 419 g/mol. The summed E-state index contributed by atoms with van der Waals surface area (Å²) in [6, 6.07) is 9.04. The van der Waals surface area contributed by atoms with Crippen LogP contribution < -0.4 is 15.4 Å². The molecule has 9 heteroatoms. The van der Waals surface area contributed by atoms with Gasteiger partial charge in [-0.3, -0.25) is 0 Å². The number of aliphatic hydroxyl groups excluding tert-OH is 1. The van der Waals surface area contributed by atoms with Gasteiger partial charge in [0.15, 0.2) is 5.75 Å². The number of ether oxygens (including phenoxy) is 1. The number of aromatic nitrogens is 4. The minimum absolute atomic E-state index is 0.0991. The summed E-state index contributed by atoms with van der Waals surface area (Å²) in [4.78, 5) is 11.2. The molecule has 0 radical (unpaired) electrons. The van der Waals surface area contributed by atoms with Crippen LogP contribution in [0.15, 0.2) is 36.7 Å². The van der Waals surface area contributed by atoms with Gasteiger partial charge in [-0.1, -0.05) is 0 Å². The van der Waals surface area contributed by atoms with Gasteiger partial charge < -0.3 is 20.5 Å². The van der Waals surface area contributed by atoms with Crippen molar-refractivity contribution in [3.05, 3.63) is 53.6 Å². The van der Waals surface area contributed by atoms with Crippen molar-refractivity contribution in [1.29, 1.82) is 5.26 Å². The Hall–Kier alpha value is -3.48. The molecule has 0 amide bonds. The molecule has 0 saturated carbocycles. The van der Waals surface area contributed by atoms with Crippen molar-refractivity contribution in [3.8, 4) is 23.4 Å². The summed E-state index contributed by atoms with van der Waals surface area (Å²) in [6.07, 6.45) is 5.97. The van der Waals surface area contributed by atoms with E-state index in [2.05, 4.69) is 26.0 Å². The van der Waals surface area contributed by atoms with Gasteiger partial charge in [0.2, 0.25) is 5.88 Å². The van der Waals surface area contributed by atoms with Crippen molar-refractivity contribution in [2.75, 3.05) is 24.5 Å². The van der Waals surface area contributed by atoms with E-state index < -0.39 is 6.10 Å². The molecule has 3 N–H and O–H groups in total. The fourth-order valence-electron chi connectivity index (χ4n) is 3.61. The third-order valence-corrected chi connectivity index (χ3v) is 5.24. The maximum atomic E-state index is 9.99. The van der Waals surface area contributed by atoms with Crippen LogP contribution in [0.1, 0.15) is 42.3 Å². The molecule has 160 valence electrons. The Labute approximate surface area is 180 Å². The number of nitrogens with two attached hydrogens (primary N) is 1. The number of aliphatic hydroxyl groups is 1. The number of anilines is 1. The van der Waals surface area contributed by atoms with Crippen LogP contribution in [0.2, 0.25) is 0 Å². The normalized spacial score (nSPS) is 14.8. The van der Waals surface area contributed by atoms with Gasteiger partial charge in [0.25, 0.3) is 0 Å². The average molecular weight is 419 g/mol. The van der Waals surface area contributed by atoms with E-state index in [4.69, 9.17) is 10.5 Å². The molecule has 1 unspecified atom stereocenters. The highest BCUT2D eigenvalue weighted by molar-refractivity contribution is 5.53. The number of benzene rings is 1. The van der Waals surface area contributed by atoms with E-state index in [1.54, 1.807) is 35.3 Å². The van der Waals surface area contributed by atoms with Gasteiger partial charge in [-0.05, 0) is 38.3 Å². The minimum Gasteiger partial charge on any atom is -0.437 e. The van der Waals surface area contributed by atoms with E-state index in [0.29, 0.717) is 34.3 Å². The number of nitrogens with zero attached hydrogens (tertiary/aromatic N) is 6. The molecule has 0 aliphatic carbocycles. The molecule has 2 aromatic heterocycles. The second-order valence-electron chi connectivity index (χ2n) is 7.53. The predicted molar refractivity (Wildman–Crippen MR) is 115 cm³/mol. The highest BCUT2D eigenvalue weighted by Crippen LogP contribution is 2.31. The summed E-state index contributed by atoms with van der Waals surface area (Å²) in [5.74, 6) is 2.29. The smallest absolute Gasteiger partial charge is 0.224 e.